The van der Waals surface area contributed by atoms with Crippen molar-refractivity contribution in [2.45, 2.75) is 40.3 Å². The predicted octanol–water partition coefficient (Wildman–Crippen LogP) is 7.03. The van der Waals surface area contributed by atoms with Crippen molar-refractivity contribution in [3.8, 4) is 11.5 Å². The van der Waals surface area contributed by atoms with Crippen LogP contribution in [0.3, 0.4) is 0 Å². The summed E-state index contributed by atoms with van der Waals surface area (Å²) in [5.74, 6) is 0.965. The molecule has 0 radical (unpaired) electrons. The highest BCUT2D eigenvalue weighted by Crippen LogP contribution is 2.39. The lowest BCUT2D eigenvalue weighted by Gasteiger charge is -2.31. The van der Waals surface area contributed by atoms with Crippen molar-refractivity contribution in [3.63, 3.8) is 0 Å². The minimum absolute atomic E-state index is 0.144. The number of benzene rings is 3. The zero-order valence-electron chi connectivity index (χ0n) is 22.1. The van der Waals surface area contributed by atoms with E-state index in [0.717, 1.165) is 45.3 Å². The van der Waals surface area contributed by atoms with Gasteiger partial charge >= 0.3 is 6.03 Å². The minimum atomic E-state index is -0.285. The molecule has 2 aromatic heterocycles. The molecule has 38 heavy (non-hydrogen) atoms. The normalized spacial score (nSPS) is 14.5. The summed E-state index contributed by atoms with van der Waals surface area (Å²) in [7, 11) is 0. The number of amides is 2. The number of hydrogen-bond acceptors (Lipinski definition) is 2. The predicted molar refractivity (Wildman–Crippen MR) is 151 cm³/mol. The lowest BCUT2D eigenvalue weighted by Crippen LogP contribution is -2.38. The molecule has 3 heterocycles. The fourth-order valence-corrected chi connectivity index (χ4v) is 5.39. The maximum Gasteiger partial charge on any atom is 0.322 e. The molecule has 0 saturated heterocycles. The van der Waals surface area contributed by atoms with Crippen LogP contribution in [0, 0.1) is 27.7 Å². The molecule has 1 atom stereocenters. The molecule has 0 unspecified atom stereocenters. The number of carbonyl (C=O) groups is 1. The number of hydrogen-bond donors (Lipinski definition) is 1. The Bertz CT molecular complexity index is 1630. The van der Waals surface area contributed by atoms with Gasteiger partial charge in [-0.2, -0.15) is 5.10 Å². The second kappa shape index (κ2) is 9.38. The highest BCUT2D eigenvalue weighted by atomic mass is 16.2. The second-order valence-corrected chi connectivity index (χ2v) is 10.1. The molecule has 0 fully saturated rings. The number of nitrogens with zero attached hydrogens (tertiary/aromatic N) is 4. The first-order valence-corrected chi connectivity index (χ1v) is 12.9. The molecule has 5 aromatic rings. The van der Waals surface area contributed by atoms with E-state index < -0.39 is 0 Å². The summed E-state index contributed by atoms with van der Waals surface area (Å²) in [6, 6.07) is 28.5. The number of aromatic nitrogens is 3. The number of anilines is 1. The van der Waals surface area contributed by atoms with Crippen LogP contribution in [0.25, 0.3) is 11.5 Å². The van der Waals surface area contributed by atoms with Crippen LogP contribution in [0.1, 0.15) is 45.2 Å². The topological polar surface area (TPSA) is 55.1 Å². The molecule has 6 rings (SSSR count). The maximum atomic E-state index is 14.1. The van der Waals surface area contributed by atoms with Crippen LogP contribution in [0.4, 0.5) is 10.5 Å². The number of aryl methyl sites for hydroxylation is 4. The Labute approximate surface area is 223 Å². The van der Waals surface area contributed by atoms with Crippen molar-refractivity contribution in [2.75, 3.05) is 5.32 Å². The number of rotatable bonds is 3. The van der Waals surface area contributed by atoms with Crippen molar-refractivity contribution < 1.29 is 4.79 Å². The van der Waals surface area contributed by atoms with Gasteiger partial charge in [-0.05, 0) is 69.2 Å². The van der Waals surface area contributed by atoms with E-state index in [9.17, 15) is 4.79 Å². The quantitative estimate of drug-likeness (QED) is 0.288. The summed E-state index contributed by atoms with van der Waals surface area (Å²) < 4.78 is 4.18. The van der Waals surface area contributed by atoms with Gasteiger partial charge in [0.05, 0.1) is 29.7 Å². The molecule has 6 heteroatoms. The maximum absolute atomic E-state index is 14.1. The fraction of sp³-hybridized carbons (Fsp3) is 0.188. The summed E-state index contributed by atoms with van der Waals surface area (Å²) >= 11 is 0. The average Bonchev–Trinajstić information content (AvgIpc) is 3.47. The molecule has 0 saturated carbocycles. The minimum Gasteiger partial charge on any atom is -0.308 e. The number of para-hydroxylation sites is 1. The number of nitrogens with one attached hydrogen (secondary N) is 1. The summed E-state index contributed by atoms with van der Waals surface area (Å²) in [5.41, 5.74) is 9.19. The van der Waals surface area contributed by atoms with E-state index in [-0.39, 0.29) is 12.1 Å². The van der Waals surface area contributed by atoms with E-state index in [0.29, 0.717) is 6.54 Å². The van der Waals surface area contributed by atoms with E-state index in [1.54, 1.807) is 0 Å². The van der Waals surface area contributed by atoms with Gasteiger partial charge in [-0.3, -0.25) is 0 Å². The van der Waals surface area contributed by atoms with Gasteiger partial charge in [0.2, 0.25) is 0 Å². The molecule has 1 aliphatic rings. The van der Waals surface area contributed by atoms with Crippen molar-refractivity contribution in [1.82, 2.24) is 19.2 Å². The van der Waals surface area contributed by atoms with Crippen LogP contribution in [0.2, 0.25) is 0 Å². The van der Waals surface area contributed by atoms with E-state index >= 15 is 0 Å². The van der Waals surface area contributed by atoms with Gasteiger partial charge in [-0.1, -0.05) is 65.7 Å². The standard InChI is InChI=1S/C32H31N5O/c1-21-12-15-25(16-13-21)30-29-11-8-18-35(29)31-27(24(4)34-37(31)26-9-6-5-7-10-26)20-36(30)32(38)33-28-17-14-22(2)19-23(28)3/h5-19,30H,20H2,1-4H3,(H,33,38)/t30-/m0/s1. The molecule has 3 aromatic carbocycles. The molecular weight excluding hydrogens is 470 g/mol. The van der Waals surface area contributed by atoms with Gasteiger partial charge in [-0.15, -0.1) is 0 Å². The molecule has 0 aliphatic carbocycles. The van der Waals surface area contributed by atoms with Crippen LogP contribution >= 0.6 is 0 Å². The number of fused-ring (bicyclic) bond motifs is 3. The van der Waals surface area contributed by atoms with Gasteiger partial charge in [0.1, 0.15) is 5.82 Å². The van der Waals surface area contributed by atoms with Gasteiger partial charge in [0.15, 0.2) is 0 Å². The highest BCUT2D eigenvalue weighted by Gasteiger charge is 2.36. The van der Waals surface area contributed by atoms with E-state index in [2.05, 4.69) is 78.5 Å². The Morgan fingerprint density at radius 1 is 0.868 bits per heavy atom. The largest absolute Gasteiger partial charge is 0.322 e. The second-order valence-electron chi connectivity index (χ2n) is 10.1. The molecular formula is C32H31N5O. The lowest BCUT2D eigenvalue weighted by molar-refractivity contribution is 0.194. The Balaban J connectivity index is 1.53. The summed E-state index contributed by atoms with van der Waals surface area (Å²) in [4.78, 5) is 16.1. The van der Waals surface area contributed by atoms with Crippen LogP contribution in [-0.2, 0) is 6.54 Å². The zero-order chi connectivity index (χ0) is 26.4. The lowest BCUT2D eigenvalue weighted by atomic mass is 10.0. The van der Waals surface area contributed by atoms with Gasteiger partial charge in [0, 0.05) is 17.4 Å². The average molecular weight is 502 g/mol. The fourth-order valence-electron chi connectivity index (χ4n) is 5.39. The molecule has 0 bridgehead atoms. The van der Waals surface area contributed by atoms with Crippen molar-refractivity contribution in [1.29, 1.82) is 0 Å². The van der Waals surface area contributed by atoms with Crippen molar-refractivity contribution >= 4 is 11.7 Å². The van der Waals surface area contributed by atoms with Crippen LogP contribution < -0.4 is 5.32 Å². The van der Waals surface area contributed by atoms with Crippen LogP contribution in [0.5, 0.6) is 0 Å². The molecule has 1 aliphatic heterocycles. The Hall–Kier alpha value is -4.58. The van der Waals surface area contributed by atoms with E-state index in [1.807, 2.05) is 59.8 Å². The van der Waals surface area contributed by atoms with Crippen LogP contribution in [-0.4, -0.2) is 25.3 Å². The molecule has 2 amide bonds. The van der Waals surface area contributed by atoms with E-state index in [4.69, 9.17) is 5.10 Å². The van der Waals surface area contributed by atoms with Gasteiger partial charge in [0.25, 0.3) is 0 Å². The third kappa shape index (κ3) is 4.08. The monoisotopic (exact) mass is 501 g/mol. The third-order valence-electron chi connectivity index (χ3n) is 7.36. The Morgan fingerprint density at radius 3 is 2.34 bits per heavy atom. The zero-order valence-corrected chi connectivity index (χ0v) is 22.1. The number of urea groups is 1. The molecule has 0 spiro atoms. The first kappa shape index (κ1) is 23.8. The van der Waals surface area contributed by atoms with Gasteiger partial charge in [-0.25, -0.2) is 9.48 Å². The molecule has 1 N–H and O–H groups in total. The van der Waals surface area contributed by atoms with E-state index in [1.165, 1.54) is 11.1 Å². The smallest absolute Gasteiger partial charge is 0.308 e. The SMILES string of the molecule is Cc1ccc([C@H]2c3cccn3-c3c(c(C)nn3-c3ccccc3)CN2C(=O)Nc2ccc(C)cc2C)cc1. The van der Waals surface area contributed by atoms with Crippen molar-refractivity contribution in [2.24, 2.45) is 0 Å². The first-order chi connectivity index (χ1) is 18.4. The Kier molecular flexibility index (Phi) is 5.87. The highest BCUT2D eigenvalue weighted by molar-refractivity contribution is 5.91. The number of carbonyl (C=O) groups excluding carboxylic acids is 1. The summed E-state index contributed by atoms with van der Waals surface area (Å²) in [6.07, 6.45) is 2.07. The van der Waals surface area contributed by atoms with Crippen LogP contribution in [0.15, 0.2) is 91.1 Å². The summed E-state index contributed by atoms with van der Waals surface area (Å²) in [6.45, 7) is 8.61. The Morgan fingerprint density at radius 2 is 1.61 bits per heavy atom. The van der Waals surface area contributed by atoms with Crippen molar-refractivity contribution in [3.05, 3.63) is 130 Å². The molecule has 190 valence electrons. The van der Waals surface area contributed by atoms with Gasteiger partial charge < -0.3 is 14.8 Å². The summed E-state index contributed by atoms with van der Waals surface area (Å²) in [5, 5.41) is 8.14. The first-order valence-electron chi connectivity index (χ1n) is 12.9. The third-order valence-corrected chi connectivity index (χ3v) is 7.36. The molecule has 6 nitrogen and oxygen atoms in total.